The molecule has 4 heteroatoms. The summed E-state index contributed by atoms with van der Waals surface area (Å²) in [6, 6.07) is 18.6. The second kappa shape index (κ2) is 7.46. The molecule has 0 fully saturated rings. The van der Waals surface area contributed by atoms with Crippen LogP contribution in [0.1, 0.15) is 37.4 Å². The van der Waals surface area contributed by atoms with Crippen molar-refractivity contribution in [3.8, 4) is 11.1 Å². The zero-order valence-corrected chi connectivity index (χ0v) is 15.5. The third-order valence-corrected chi connectivity index (χ3v) is 4.62. The predicted molar refractivity (Wildman–Crippen MR) is 107 cm³/mol. The zero-order valence-electron chi connectivity index (χ0n) is 15.5. The van der Waals surface area contributed by atoms with Gasteiger partial charge in [0.25, 0.3) is 5.91 Å². The van der Waals surface area contributed by atoms with Gasteiger partial charge < -0.3 is 10.4 Å². The van der Waals surface area contributed by atoms with Crippen molar-refractivity contribution in [1.29, 1.82) is 0 Å². The van der Waals surface area contributed by atoms with Crippen LogP contribution in [0, 0.1) is 20.8 Å². The maximum atomic E-state index is 12.8. The lowest BCUT2D eigenvalue weighted by molar-refractivity contribution is 0.0696. The highest BCUT2D eigenvalue weighted by molar-refractivity contribution is 6.07. The van der Waals surface area contributed by atoms with E-state index in [0.29, 0.717) is 16.8 Å². The van der Waals surface area contributed by atoms with E-state index in [-0.39, 0.29) is 11.5 Å². The Bertz CT molecular complexity index is 1020. The summed E-state index contributed by atoms with van der Waals surface area (Å²) in [4.78, 5) is 24.5. The number of carboxylic acid groups (broad SMARTS) is 1. The Morgan fingerprint density at radius 3 is 2.15 bits per heavy atom. The molecule has 27 heavy (non-hydrogen) atoms. The van der Waals surface area contributed by atoms with Gasteiger partial charge in [0.05, 0.1) is 5.56 Å². The number of hydrogen-bond acceptors (Lipinski definition) is 2. The van der Waals surface area contributed by atoms with Gasteiger partial charge in [0, 0.05) is 11.3 Å². The molecule has 0 radical (unpaired) electrons. The van der Waals surface area contributed by atoms with Gasteiger partial charge in [-0.1, -0.05) is 48.0 Å². The van der Waals surface area contributed by atoms with Crippen LogP contribution in [0.25, 0.3) is 11.1 Å². The number of amides is 1. The van der Waals surface area contributed by atoms with Crippen LogP contribution < -0.4 is 5.32 Å². The molecule has 4 nitrogen and oxygen atoms in total. The Morgan fingerprint density at radius 1 is 0.815 bits per heavy atom. The zero-order chi connectivity index (χ0) is 19.6. The first-order valence-electron chi connectivity index (χ1n) is 8.69. The molecule has 0 aromatic heterocycles. The molecule has 0 saturated heterocycles. The molecule has 0 aliphatic heterocycles. The van der Waals surface area contributed by atoms with Crippen molar-refractivity contribution in [2.75, 3.05) is 5.32 Å². The summed E-state index contributed by atoms with van der Waals surface area (Å²) in [6.07, 6.45) is 0. The highest BCUT2D eigenvalue weighted by Gasteiger charge is 2.17. The van der Waals surface area contributed by atoms with Crippen molar-refractivity contribution in [2.45, 2.75) is 20.8 Å². The van der Waals surface area contributed by atoms with Gasteiger partial charge in [-0.05, 0) is 61.2 Å². The lowest BCUT2D eigenvalue weighted by Gasteiger charge is -2.15. The highest BCUT2D eigenvalue weighted by Crippen LogP contribution is 2.29. The third kappa shape index (κ3) is 3.90. The molecule has 0 atom stereocenters. The van der Waals surface area contributed by atoms with E-state index in [1.54, 1.807) is 19.1 Å². The minimum absolute atomic E-state index is 0.173. The number of aromatic carboxylic acids is 1. The number of carbonyl (C=O) groups is 2. The first-order chi connectivity index (χ1) is 12.9. The highest BCUT2D eigenvalue weighted by atomic mass is 16.4. The summed E-state index contributed by atoms with van der Waals surface area (Å²) in [6.45, 7) is 5.56. The van der Waals surface area contributed by atoms with Gasteiger partial charge in [-0.3, -0.25) is 4.79 Å². The lowest BCUT2D eigenvalue weighted by Crippen LogP contribution is -2.15. The van der Waals surface area contributed by atoms with Crippen molar-refractivity contribution in [2.24, 2.45) is 0 Å². The molecule has 0 aliphatic rings. The molecule has 0 heterocycles. The van der Waals surface area contributed by atoms with Crippen molar-refractivity contribution in [3.63, 3.8) is 0 Å². The van der Waals surface area contributed by atoms with Gasteiger partial charge in [0.15, 0.2) is 0 Å². The number of rotatable bonds is 4. The van der Waals surface area contributed by atoms with Gasteiger partial charge >= 0.3 is 5.97 Å². The quantitative estimate of drug-likeness (QED) is 0.670. The van der Waals surface area contributed by atoms with E-state index in [9.17, 15) is 14.7 Å². The number of aryl methyl sites for hydroxylation is 2. The van der Waals surface area contributed by atoms with Gasteiger partial charge in [-0.2, -0.15) is 0 Å². The van der Waals surface area contributed by atoms with Crippen molar-refractivity contribution < 1.29 is 14.7 Å². The Balaban J connectivity index is 2.05. The van der Waals surface area contributed by atoms with Crippen LogP contribution in [0.5, 0.6) is 0 Å². The Kier molecular flexibility index (Phi) is 5.08. The fourth-order valence-electron chi connectivity index (χ4n) is 3.12. The summed E-state index contributed by atoms with van der Waals surface area (Å²) < 4.78 is 0. The third-order valence-electron chi connectivity index (χ3n) is 4.62. The van der Waals surface area contributed by atoms with E-state index >= 15 is 0 Å². The molecule has 3 aromatic carbocycles. The molecule has 0 bridgehead atoms. The summed E-state index contributed by atoms with van der Waals surface area (Å²) in [7, 11) is 0. The van der Waals surface area contributed by atoms with Crippen molar-refractivity contribution >= 4 is 17.6 Å². The average Bonchev–Trinajstić information content (AvgIpc) is 2.63. The van der Waals surface area contributed by atoms with Crippen LogP contribution >= 0.6 is 0 Å². The molecule has 1 amide bonds. The largest absolute Gasteiger partial charge is 0.478 e. The minimum atomic E-state index is -1.02. The average molecular weight is 359 g/mol. The number of nitrogens with one attached hydrogen (secondary N) is 1. The van der Waals surface area contributed by atoms with E-state index in [1.807, 2.05) is 62.4 Å². The SMILES string of the molecule is Cc1ccc(C(=O)Nc2cc(-c3ccccc3)cc(C(=O)O)c2C)c(C)c1. The van der Waals surface area contributed by atoms with Gasteiger partial charge in [-0.25, -0.2) is 4.79 Å². The van der Waals surface area contributed by atoms with Crippen molar-refractivity contribution in [1.82, 2.24) is 0 Å². The molecule has 0 spiro atoms. The van der Waals surface area contributed by atoms with Crippen LogP contribution in [-0.4, -0.2) is 17.0 Å². The second-order valence-corrected chi connectivity index (χ2v) is 6.64. The Hall–Kier alpha value is -3.40. The minimum Gasteiger partial charge on any atom is -0.478 e. The van der Waals surface area contributed by atoms with E-state index in [1.165, 1.54) is 0 Å². The summed E-state index contributed by atoms with van der Waals surface area (Å²) >= 11 is 0. The first-order valence-corrected chi connectivity index (χ1v) is 8.69. The van der Waals surface area contributed by atoms with Gasteiger partial charge in [0.1, 0.15) is 0 Å². The van der Waals surface area contributed by atoms with Gasteiger partial charge in [-0.15, -0.1) is 0 Å². The maximum Gasteiger partial charge on any atom is 0.336 e. The topological polar surface area (TPSA) is 66.4 Å². The molecule has 3 rings (SSSR count). The number of anilines is 1. The molecule has 136 valence electrons. The molecular formula is C23H21NO3. The fraction of sp³-hybridized carbons (Fsp3) is 0.130. The van der Waals surface area contributed by atoms with E-state index in [4.69, 9.17) is 0 Å². The van der Waals surface area contributed by atoms with Gasteiger partial charge in [0.2, 0.25) is 0 Å². The van der Waals surface area contributed by atoms with E-state index in [0.717, 1.165) is 22.3 Å². The summed E-state index contributed by atoms with van der Waals surface area (Å²) in [5.41, 5.74) is 5.37. The Morgan fingerprint density at radius 2 is 1.52 bits per heavy atom. The molecule has 2 N–H and O–H groups in total. The van der Waals surface area contributed by atoms with Crippen LogP contribution in [-0.2, 0) is 0 Å². The number of carbonyl (C=O) groups excluding carboxylic acids is 1. The van der Waals surface area contributed by atoms with E-state index < -0.39 is 5.97 Å². The molecule has 0 saturated carbocycles. The van der Waals surface area contributed by atoms with Crippen LogP contribution in [0.15, 0.2) is 60.7 Å². The summed E-state index contributed by atoms with van der Waals surface area (Å²) in [5.74, 6) is -1.27. The molecule has 0 unspecified atom stereocenters. The Labute approximate surface area is 158 Å². The normalized spacial score (nSPS) is 10.5. The standard InChI is InChI=1S/C23H21NO3/c1-14-9-10-19(15(2)11-14)22(25)24-21-13-18(17-7-5-4-6-8-17)12-20(16(21)3)23(26)27/h4-13H,1-3H3,(H,24,25)(H,26,27). The fourth-order valence-corrected chi connectivity index (χ4v) is 3.12. The predicted octanol–water partition coefficient (Wildman–Crippen LogP) is 5.23. The monoisotopic (exact) mass is 359 g/mol. The second-order valence-electron chi connectivity index (χ2n) is 6.64. The molecular weight excluding hydrogens is 338 g/mol. The van der Waals surface area contributed by atoms with Crippen LogP contribution in [0.3, 0.4) is 0 Å². The smallest absolute Gasteiger partial charge is 0.336 e. The molecule has 0 aliphatic carbocycles. The van der Waals surface area contributed by atoms with Crippen molar-refractivity contribution in [3.05, 3.63) is 88.5 Å². The number of benzene rings is 3. The van der Waals surface area contributed by atoms with E-state index in [2.05, 4.69) is 5.32 Å². The number of carboxylic acids is 1. The molecule has 3 aromatic rings. The summed E-state index contributed by atoms with van der Waals surface area (Å²) in [5, 5.41) is 12.5. The first kappa shape index (κ1) is 18.4. The van der Waals surface area contributed by atoms with Crippen LogP contribution in [0.4, 0.5) is 5.69 Å². The van der Waals surface area contributed by atoms with Crippen LogP contribution in [0.2, 0.25) is 0 Å². The lowest BCUT2D eigenvalue weighted by atomic mass is 9.97. The number of hydrogen-bond donors (Lipinski definition) is 2. The maximum absolute atomic E-state index is 12.8.